The molecule has 2 rings (SSSR count). The lowest BCUT2D eigenvalue weighted by molar-refractivity contribution is -0.134. The van der Waals surface area contributed by atoms with E-state index in [1.807, 2.05) is 29.2 Å². The lowest BCUT2D eigenvalue weighted by Gasteiger charge is -2.26. The molecule has 1 fully saturated rings. The van der Waals surface area contributed by atoms with E-state index in [1.54, 1.807) is 0 Å². The van der Waals surface area contributed by atoms with Crippen molar-refractivity contribution in [2.45, 2.75) is 6.42 Å². The topological polar surface area (TPSA) is 67.6 Å². The summed E-state index contributed by atoms with van der Waals surface area (Å²) in [4.78, 5) is 14.2. The van der Waals surface area contributed by atoms with Crippen molar-refractivity contribution in [1.82, 2.24) is 4.90 Å². The summed E-state index contributed by atoms with van der Waals surface area (Å²) in [6, 6.07) is 7.56. The Morgan fingerprint density at radius 2 is 1.95 bits per heavy atom. The van der Waals surface area contributed by atoms with Gasteiger partial charge in [-0.05, 0) is 24.3 Å². The van der Waals surface area contributed by atoms with Crippen molar-refractivity contribution in [3.05, 3.63) is 29.8 Å². The largest absolute Gasteiger partial charge is 0.389 e. The van der Waals surface area contributed by atoms with Gasteiger partial charge < -0.3 is 20.7 Å². The van der Waals surface area contributed by atoms with Crippen LogP contribution in [0.2, 0.25) is 0 Å². The number of ether oxygens (including phenoxy) is 1. The summed E-state index contributed by atoms with van der Waals surface area (Å²) in [6.45, 7) is 3.28. The third kappa shape index (κ3) is 4.18. The van der Waals surface area contributed by atoms with Gasteiger partial charge in [0.2, 0.25) is 5.91 Å². The highest BCUT2D eigenvalue weighted by atomic mass is 32.1. The summed E-state index contributed by atoms with van der Waals surface area (Å²) in [5, 5.41) is 3.22. The number of hydrogen-bond donors (Lipinski definition) is 2. The molecule has 1 aliphatic rings. The molecule has 0 bridgehead atoms. The van der Waals surface area contributed by atoms with Gasteiger partial charge in [0.15, 0.2) is 0 Å². The number of thiocarbonyl (C=S) groups is 1. The Labute approximate surface area is 124 Å². The lowest BCUT2D eigenvalue weighted by Crippen LogP contribution is -2.41. The van der Waals surface area contributed by atoms with Gasteiger partial charge in [0.05, 0.1) is 13.2 Å². The molecule has 1 heterocycles. The molecule has 0 spiro atoms. The third-order valence-corrected chi connectivity index (χ3v) is 3.44. The minimum Gasteiger partial charge on any atom is -0.389 e. The number of nitrogens with zero attached hydrogens (tertiary/aromatic N) is 1. The van der Waals surface area contributed by atoms with Crippen molar-refractivity contribution >= 4 is 28.8 Å². The standard InChI is InChI=1S/C14H19N3O2S/c15-14(20)11-1-3-12(4-2-11)16-6-5-13(18)17-7-9-19-10-8-17/h1-4,16H,5-10H2,(H2,15,20). The fraction of sp³-hybridized carbons (Fsp3) is 0.429. The second-order valence-corrected chi connectivity index (χ2v) is 5.05. The van der Waals surface area contributed by atoms with Gasteiger partial charge in [-0.2, -0.15) is 0 Å². The number of hydrogen-bond acceptors (Lipinski definition) is 4. The summed E-state index contributed by atoms with van der Waals surface area (Å²) in [5.41, 5.74) is 7.34. The highest BCUT2D eigenvalue weighted by molar-refractivity contribution is 7.80. The van der Waals surface area contributed by atoms with Crippen LogP contribution in [0.1, 0.15) is 12.0 Å². The third-order valence-electron chi connectivity index (χ3n) is 3.20. The summed E-state index contributed by atoms with van der Waals surface area (Å²) in [6.07, 6.45) is 0.483. The quantitative estimate of drug-likeness (QED) is 0.792. The molecule has 1 aromatic rings. The summed E-state index contributed by atoms with van der Waals surface area (Å²) >= 11 is 4.90. The molecule has 3 N–H and O–H groups in total. The highest BCUT2D eigenvalue weighted by Gasteiger charge is 2.15. The van der Waals surface area contributed by atoms with Gasteiger partial charge in [-0.15, -0.1) is 0 Å². The van der Waals surface area contributed by atoms with Crippen molar-refractivity contribution in [2.75, 3.05) is 38.2 Å². The summed E-state index contributed by atoms with van der Waals surface area (Å²) in [7, 11) is 0. The first-order chi connectivity index (χ1) is 9.66. The first-order valence-electron chi connectivity index (χ1n) is 6.66. The van der Waals surface area contributed by atoms with Crippen LogP contribution in [0.4, 0.5) is 5.69 Å². The van der Waals surface area contributed by atoms with E-state index < -0.39 is 0 Å². The zero-order valence-electron chi connectivity index (χ0n) is 11.3. The Bertz CT molecular complexity index is 470. The highest BCUT2D eigenvalue weighted by Crippen LogP contribution is 2.09. The van der Waals surface area contributed by atoms with Crippen molar-refractivity contribution < 1.29 is 9.53 Å². The zero-order chi connectivity index (χ0) is 14.4. The minimum atomic E-state index is 0.167. The van der Waals surface area contributed by atoms with Gasteiger partial charge in [-0.3, -0.25) is 4.79 Å². The van der Waals surface area contributed by atoms with Crippen LogP contribution in [0.3, 0.4) is 0 Å². The van der Waals surface area contributed by atoms with E-state index in [2.05, 4.69) is 5.32 Å². The Balaban J connectivity index is 1.74. The van der Waals surface area contributed by atoms with Crippen molar-refractivity contribution in [3.63, 3.8) is 0 Å². The first-order valence-corrected chi connectivity index (χ1v) is 7.07. The Morgan fingerprint density at radius 1 is 1.30 bits per heavy atom. The molecule has 5 nitrogen and oxygen atoms in total. The van der Waals surface area contributed by atoms with Gasteiger partial charge in [-0.25, -0.2) is 0 Å². The van der Waals surface area contributed by atoms with E-state index in [-0.39, 0.29) is 5.91 Å². The van der Waals surface area contributed by atoms with Crippen molar-refractivity contribution in [1.29, 1.82) is 0 Å². The van der Waals surface area contributed by atoms with Crippen LogP contribution in [0.15, 0.2) is 24.3 Å². The molecule has 0 aliphatic carbocycles. The summed E-state index contributed by atoms with van der Waals surface area (Å²) < 4.78 is 5.22. The number of amides is 1. The molecule has 1 aliphatic heterocycles. The second-order valence-electron chi connectivity index (χ2n) is 4.61. The normalized spacial score (nSPS) is 14.9. The number of carbonyl (C=O) groups is 1. The average Bonchev–Trinajstić information content (AvgIpc) is 2.48. The van der Waals surface area contributed by atoms with Crippen LogP contribution in [0, 0.1) is 0 Å². The number of carbonyl (C=O) groups excluding carboxylic acids is 1. The molecule has 0 aromatic heterocycles. The molecule has 108 valence electrons. The van der Waals surface area contributed by atoms with E-state index in [1.165, 1.54) is 0 Å². The monoisotopic (exact) mass is 293 g/mol. The summed E-state index contributed by atoms with van der Waals surface area (Å²) in [5.74, 6) is 0.167. The number of nitrogens with two attached hydrogens (primary N) is 1. The predicted molar refractivity (Wildman–Crippen MR) is 82.8 cm³/mol. The van der Waals surface area contributed by atoms with E-state index in [0.29, 0.717) is 44.3 Å². The first kappa shape index (κ1) is 14.7. The van der Waals surface area contributed by atoms with Gasteiger partial charge in [0.1, 0.15) is 4.99 Å². The fourth-order valence-corrected chi connectivity index (χ4v) is 2.17. The van der Waals surface area contributed by atoms with Crippen LogP contribution in [-0.2, 0) is 9.53 Å². The van der Waals surface area contributed by atoms with E-state index in [0.717, 1.165) is 11.3 Å². The van der Waals surface area contributed by atoms with E-state index in [4.69, 9.17) is 22.7 Å². The minimum absolute atomic E-state index is 0.167. The molecule has 0 radical (unpaired) electrons. The van der Waals surface area contributed by atoms with Crippen molar-refractivity contribution in [3.8, 4) is 0 Å². The Morgan fingerprint density at radius 3 is 2.55 bits per heavy atom. The second kappa shape index (κ2) is 7.21. The molecule has 1 saturated heterocycles. The molecule has 1 aromatic carbocycles. The van der Waals surface area contributed by atoms with Crippen LogP contribution in [-0.4, -0.2) is 48.6 Å². The van der Waals surface area contributed by atoms with Crippen LogP contribution >= 0.6 is 12.2 Å². The number of benzene rings is 1. The number of rotatable bonds is 5. The molecular weight excluding hydrogens is 274 g/mol. The molecule has 6 heteroatoms. The number of morpholine rings is 1. The number of anilines is 1. The van der Waals surface area contributed by atoms with Crippen LogP contribution in [0.25, 0.3) is 0 Å². The zero-order valence-corrected chi connectivity index (χ0v) is 12.1. The SMILES string of the molecule is NC(=S)c1ccc(NCCC(=O)N2CCOCC2)cc1. The Kier molecular flexibility index (Phi) is 5.31. The van der Waals surface area contributed by atoms with Crippen molar-refractivity contribution in [2.24, 2.45) is 5.73 Å². The van der Waals surface area contributed by atoms with E-state index in [9.17, 15) is 4.79 Å². The maximum absolute atomic E-state index is 11.9. The van der Waals surface area contributed by atoms with Gasteiger partial charge in [-0.1, -0.05) is 12.2 Å². The lowest BCUT2D eigenvalue weighted by atomic mass is 10.2. The smallest absolute Gasteiger partial charge is 0.224 e. The predicted octanol–water partition coefficient (Wildman–Crippen LogP) is 0.982. The van der Waals surface area contributed by atoms with Crippen LogP contribution < -0.4 is 11.1 Å². The maximum Gasteiger partial charge on any atom is 0.224 e. The average molecular weight is 293 g/mol. The molecular formula is C14H19N3O2S. The van der Waals surface area contributed by atoms with Gasteiger partial charge in [0, 0.05) is 37.3 Å². The Hall–Kier alpha value is -1.66. The molecule has 0 atom stereocenters. The van der Waals surface area contributed by atoms with E-state index >= 15 is 0 Å². The van der Waals surface area contributed by atoms with Gasteiger partial charge >= 0.3 is 0 Å². The van der Waals surface area contributed by atoms with Gasteiger partial charge in [0.25, 0.3) is 0 Å². The number of nitrogens with one attached hydrogen (secondary N) is 1. The molecule has 20 heavy (non-hydrogen) atoms. The molecule has 0 unspecified atom stereocenters. The maximum atomic E-state index is 11.9. The molecule has 0 saturated carbocycles. The molecule has 1 amide bonds. The van der Waals surface area contributed by atoms with Crippen LogP contribution in [0.5, 0.6) is 0 Å². The fourth-order valence-electron chi connectivity index (χ4n) is 2.04.